The molecule has 1 aromatic carbocycles. The van der Waals surface area contributed by atoms with Gasteiger partial charge in [-0.15, -0.1) is 0 Å². The van der Waals surface area contributed by atoms with E-state index in [0.29, 0.717) is 23.6 Å². The number of morpholine rings is 1. The van der Waals surface area contributed by atoms with Crippen LogP contribution in [0.4, 0.5) is 11.5 Å². The number of hydrogen-bond donors (Lipinski definition) is 1. The van der Waals surface area contributed by atoms with Crippen LogP contribution in [-0.4, -0.2) is 54.3 Å². The summed E-state index contributed by atoms with van der Waals surface area (Å²) >= 11 is 0. The number of carbonyl (C=O) groups excluding carboxylic acids is 1. The normalized spacial score (nSPS) is 25.1. The summed E-state index contributed by atoms with van der Waals surface area (Å²) in [4.78, 5) is 27.6. The zero-order chi connectivity index (χ0) is 25.2. The molecule has 4 atom stereocenters. The van der Waals surface area contributed by atoms with Gasteiger partial charge in [-0.1, -0.05) is 26.7 Å². The van der Waals surface area contributed by atoms with Crippen LogP contribution < -0.4 is 15.1 Å². The number of nitrogens with one attached hydrogen (secondary N) is 1. The lowest BCUT2D eigenvalue weighted by atomic mass is 9.84. The number of nitrogens with zero attached hydrogens (tertiary/aromatic N) is 4. The summed E-state index contributed by atoms with van der Waals surface area (Å²) in [7, 11) is 0. The smallest absolute Gasteiger partial charge is 0.251 e. The molecule has 3 heterocycles. The second-order valence-corrected chi connectivity index (χ2v) is 11.1. The van der Waals surface area contributed by atoms with Gasteiger partial charge >= 0.3 is 0 Å². The maximum absolute atomic E-state index is 13.1. The van der Waals surface area contributed by atoms with Gasteiger partial charge in [-0.2, -0.15) is 0 Å². The molecule has 0 radical (unpaired) electrons. The largest absolute Gasteiger partial charge is 0.378 e. The van der Waals surface area contributed by atoms with Gasteiger partial charge in [-0.05, 0) is 69.2 Å². The van der Waals surface area contributed by atoms with Gasteiger partial charge in [0.25, 0.3) is 5.91 Å². The summed E-state index contributed by atoms with van der Waals surface area (Å²) in [6.07, 6.45) is 6.49. The van der Waals surface area contributed by atoms with Crippen molar-refractivity contribution in [3.8, 4) is 0 Å². The Morgan fingerprint density at radius 2 is 1.78 bits per heavy atom. The molecule has 2 aromatic rings. The van der Waals surface area contributed by atoms with E-state index in [1.54, 1.807) is 0 Å². The van der Waals surface area contributed by atoms with E-state index >= 15 is 0 Å². The fraction of sp³-hybridized carbons (Fsp3) is 0.621. The van der Waals surface area contributed by atoms with Crippen molar-refractivity contribution >= 4 is 17.4 Å². The highest BCUT2D eigenvalue weighted by Crippen LogP contribution is 2.44. The number of aromatic nitrogens is 2. The van der Waals surface area contributed by atoms with Crippen molar-refractivity contribution in [2.45, 2.75) is 77.9 Å². The van der Waals surface area contributed by atoms with Crippen LogP contribution in [0.5, 0.6) is 0 Å². The Morgan fingerprint density at radius 3 is 2.50 bits per heavy atom. The average Bonchev–Trinajstić information content (AvgIpc) is 3.29. The Kier molecular flexibility index (Phi) is 7.47. The van der Waals surface area contributed by atoms with E-state index in [2.05, 4.69) is 35.0 Å². The first-order valence-corrected chi connectivity index (χ1v) is 13.8. The molecule has 1 saturated carbocycles. The van der Waals surface area contributed by atoms with Crippen LogP contribution in [0.25, 0.3) is 0 Å². The lowest BCUT2D eigenvalue weighted by Gasteiger charge is -2.36. The molecule has 0 bridgehead atoms. The van der Waals surface area contributed by atoms with Gasteiger partial charge in [0.1, 0.15) is 11.6 Å². The number of carbonyl (C=O) groups is 1. The van der Waals surface area contributed by atoms with Crippen LogP contribution in [-0.2, 0) is 4.74 Å². The summed E-state index contributed by atoms with van der Waals surface area (Å²) in [5.41, 5.74) is 2.66. The molecule has 7 nitrogen and oxygen atoms in total. The Balaban J connectivity index is 1.31. The van der Waals surface area contributed by atoms with Crippen LogP contribution in [0.2, 0.25) is 0 Å². The molecule has 194 valence electrons. The van der Waals surface area contributed by atoms with Crippen molar-refractivity contribution in [3.05, 3.63) is 47.4 Å². The van der Waals surface area contributed by atoms with Gasteiger partial charge < -0.3 is 19.9 Å². The topological polar surface area (TPSA) is 70.6 Å². The van der Waals surface area contributed by atoms with Crippen LogP contribution in [0.3, 0.4) is 0 Å². The Labute approximate surface area is 215 Å². The molecule has 4 unspecified atom stereocenters. The van der Waals surface area contributed by atoms with Gasteiger partial charge in [-0.25, -0.2) is 9.97 Å². The van der Waals surface area contributed by atoms with E-state index in [-0.39, 0.29) is 11.9 Å². The second-order valence-electron chi connectivity index (χ2n) is 11.1. The molecule has 2 aliphatic heterocycles. The van der Waals surface area contributed by atoms with E-state index in [1.807, 2.05) is 38.1 Å². The van der Waals surface area contributed by atoms with Crippen molar-refractivity contribution < 1.29 is 9.53 Å². The minimum absolute atomic E-state index is 0.0811. The molecular formula is C29H41N5O2. The van der Waals surface area contributed by atoms with Crippen LogP contribution in [0.1, 0.15) is 80.8 Å². The summed E-state index contributed by atoms with van der Waals surface area (Å²) in [5, 5.41) is 3.17. The Morgan fingerprint density at radius 1 is 1.06 bits per heavy atom. The van der Waals surface area contributed by atoms with Crippen molar-refractivity contribution in [1.29, 1.82) is 0 Å². The number of anilines is 2. The molecule has 0 spiro atoms. The zero-order valence-corrected chi connectivity index (χ0v) is 22.2. The molecule has 1 aliphatic carbocycles. The van der Waals surface area contributed by atoms with Gasteiger partial charge in [0.2, 0.25) is 0 Å². The molecular weight excluding hydrogens is 450 g/mol. The lowest BCUT2D eigenvalue weighted by molar-refractivity contribution is 0.0939. The highest BCUT2D eigenvalue weighted by molar-refractivity contribution is 5.94. The predicted octanol–water partition coefficient (Wildman–Crippen LogP) is 4.91. The van der Waals surface area contributed by atoms with Crippen molar-refractivity contribution in [2.75, 3.05) is 36.1 Å². The van der Waals surface area contributed by atoms with Gasteiger partial charge in [0, 0.05) is 42.5 Å². The fourth-order valence-electron chi connectivity index (χ4n) is 6.36. The van der Waals surface area contributed by atoms with E-state index in [0.717, 1.165) is 55.2 Å². The fourth-order valence-corrected chi connectivity index (χ4v) is 6.36. The summed E-state index contributed by atoms with van der Waals surface area (Å²) in [5.74, 6) is 3.05. The molecule has 36 heavy (non-hydrogen) atoms. The zero-order valence-electron chi connectivity index (χ0n) is 22.2. The number of amides is 1. The van der Waals surface area contributed by atoms with Gasteiger partial charge in [-0.3, -0.25) is 4.79 Å². The number of hydrogen-bond acceptors (Lipinski definition) is 6. The predicted molar refractivity (Wildman–Crippen MR) is 144 cm³/mol. The summed E-state index contributed by atoms with van der Waals surface area (Å²) in [6.45, 7) is 11.9. The first-order chi connectivity index (χ1) is 17.4. The first-order valence-electron chi connectivity index (χ1n) is 13.8. The minimum Gasteiger partial charge on any atom is -0.378 e. The van der Waals surface area contributed by atoms with Crippen LogP contribution in [0, 0.1) is 18.8 Å². The third kappa shape index (κ3) is 5.22. The minimum atomic E-state index is -0.209. The molecule has 1 aromatic heterocycles. The Bertz CT molecular complexity index is 1050. The molecule has 7 heteroatoms. The quantitative estimate of drug-likeness (QED) is 0.619. The van der Waals surface area contributed by atoms with Crippen LogP contribution in [0.15, 0.2) is 30.3 Å². The maximum Gasteiger partial charge on any atom is 0.251 e. The van der Waals surface area contributed by atoms with Crippen molar-refractivity contribution in [3.63, 3.8) is 0 Å². The van der Waals surface area contributed by atoms with Crippen LogP contribution >= 0.6 is 0 Å². The van der Waals surface area contributed by atoms with E-state index in [9.17, 15) is 4.79 Å². The number of rotatable bonds is 6. The molecule has 2 saturated heterocycles. The number of ether oxygens (including phenoxy) is 1. The lowest BCUT2D eigenvalue weighted by Crippen LogP contribution is -2.42. The third-order valence-corrected chi connectivity index (χ3v) is 8.30. The van der Waals surface area contributed by atoms with Gasteiger partial charge in [0.15, 0.2) is 0 Å². The summed E-state index contributed by atoms with van der Waals surface area (Å²) < 4.78 is 5.44. The average molecular weight is 492 g/mol. The SMILES string of the molecule is Cc1nc(C(C)NC(=O)c2ccc(N3CCOCC3)cc2)cc(N2C(C(C)C)CC3CCCCC32)n1. The maximum atomic E-state index is 13.1. The Hall–Kier alpha value is -2.67. The molecule has 1 amide bonds. The van der Waals surface area contributed by atoms with E-state index in [4.69, 9.17) is 14.7 Å². The second kappa shape index (κ2) is 10.8. The van der Waals surface area contributed by atoms with E-state index < -0.39 is 0 Å². The van der Waals surface area contributed by atoms with Gasteiger partial charge in [0.05, 0.1) is 24.9 Å². The first kappa shape index (κ1) is 25.0. The molecule has 3 aliphatic rings. The number of fused-ring (bicyclic) bond motifs is 1. The highest BCUT2D eigenvalue weighted by Gasteiger charge is 2.43. The molecule has 1 N–H and O–H groups in total. The molecule has 5 rings (SSSR count). The highest BCUT2D eigenvalue weighted by atomic mass is 16.5. The van der Waals surface area contributed by atoms with Crippen molar-refractivity contribution in [2.24, 2.45) is 11.8 Å². The number of aryl methyl sites for hydroxylation is 1. The monoisotopic (exact) mass is 491 g/mol. The van der Waals surface area contributed by atoms with Crippen molar-refractivity contribution in [1.82, 2.24) is 15.3 Å². The standard InChI is InChI=1S/C29H41N5O2/c1-19(2)27-17-23-7-5-6-8-26(23)34(27)28-18-25(31-21(4)32-28)20(3)30-29(35)22-9-11-24(12-10-22)33-13-15-36-16-14-33/h9-12,18-20,23,26-27H,5-8,13-17H2,1-4H3,(H,30,35). The number of benzene rings is 1. The third-order valence-electron chi connectivity index (χ3n) is 8.30. The summed E-state index contributed by atoms with van der Waals surface area (Å²) in [6, 6.07) is 10.9. The molecule has 3 fully saturated rings. The van der Waals surface area contributed by atoms with E-state index in [1.165, 1.54) is 32.1 Å².